The second-order valence-electron chi connectivity index (χ2n) is 6.88. The van der Waals surface area contributed by atoms with Crippen molar-refractivity contribution >= 4 is 17.7 Å². The van der Waals surface area contributed by atoms with Crippen molar-refractivity contribution in [3.05, 3.63) is 35.0 Å². The number of ether oxygens (including phenoxy) is 1. The third-order valence-electron chi connectivity index (χ3n) is 4.48. The number of carbonyl (C=O) groups excluding carboxylic acids is 1. The molecule has 1 saturated heterocycles. The lowest BCUT2D eigenvalue weighted by Gasteiger charge is -2.34. The Bertz CT molecular complexity index is 806. The maximum Gasteiger partial charge on any atom is 0.249 e. The number of aryl methyl sites for hydroxylation is 3. The highest BCUT2D eigenvalue weighted by atomic mass is 16.5. The van der Waals surface area contributed by atoms with Crippen LogP contribution >= 0.6 is 0 Å². The Labute approximate surface area is 159 Å². The van der Waals surface area contributed by atoms with Crippen LogP contribution in [-0.4, -0.2) is 51.0 Å². The summed E-state index contributed by atoms with van der Waals surface area (Å²) in [6.45, 7) is 6.55. The van der Waals surface area contributed by atoms with Crippen molar-refractivity contribution < 1.29 is 9.53 Å². The molecule has 3 heterocycles. The van der Waals surface area contributed by atoms with E-state index in [0.29, 0.717) is 24.1 Å². The number of carbonyl (C=O) groups is 1. The Morgan fingerprint density at radius 2 is 1.81 bits per heavy atom. The van der Waals surface area contributed by atoms with Crippen molar-refractivity contribution in [2.45, 2.75) is 46.1 Å². The molecule has 0 bridgehead atoms. The fourth-order valence-electron chi connectivity index (χ4n) is 3.41. The summed E-state index contributed by atoms with van der Waals surface area (Å²) >= 11 is 0. The number of anilines is 2. The van der Waals surface area contributed by atoms with Crippen molar-refractivity contribution in [2.75, 3.05) is 25.6 Å². The van der Waals surface area contributed by atoms with Gasteiger partial charge >= 0.3 is 0 Å². The smallest absolute Gasteiger partial charge is 0.249 e. The fourth-order valence-corrected chi connectivity index (χ4v) is 3.41. The minimum atomic E-state index is -0.137. The summed E-state index contributed by atoms with van der Waals surface area (Å²) in [5.41, 5.74) is 2.61. The number of hydrogen-bond donors (Lipinski definition) is 1. The zero-order valence-corrected chi connectivity index (χ0v) is 16.3. The molecule has 0 spiro atoms. The number of hydrogen-bond acceptors (Lipinski definition) is 7. The van der Waals surface area contributed by atoms with Crippen LogP contribution in [-0.2, 0) is 9.53 Å². The van der Waals surface area contributed by atoms with Gasteiger partial charge in [0, 0.05) is 36.8 Å². The highest BCUT2D eigenvalue weighted by molar-refractivity contribution is 5.78. The van der Waals surface area contributed by atoms with Crippen molar-refractivity contribution in [3.63, 3.8) is 0 Å². The van der Waals surface area contributed by atoms with Gasteiger partial charge in [-0.25, -0.2) is 19.9 Å². The van der Waals surface area contributed by atoms with E-state index < -0.39 is 0 Å². The molecule has 1 fully saturated rings. The molecule has 1 aliphatic rings. The summed E-state index contributed by atoms with van der Waals surface area (Å²) in [6, 6.07) is 3.64. The first-order valence-electron chi connectivity index (χ1n) is 9.19. The molecule has 0 aliphatic carbocycles. The first-order valence-corrected chi connectivity index (χ1v) is 9.19. The molecule has 0 saturated carbocycles. The third kappa shape index (κ3) is 4.77. The van der Waals surface area contributed by atoms with Crippen molar-refractivity contribution in [1.82, 2.24) is 24.8 Å². The number of nitrogens with zero attached hydrogens (tertiary/aromatic N) is 5. The van der Waals surface area contributed by atoms with Crippen LogP contribution in [0.3, 0.4) is 0 Å². The van der Waals surface area contributed by atoms with Gasteiger partial charge < -0.3 is 15.0 Å². The van der Waals surface area contributed by atoms with E-state index in [1.807, 2.05) is 37.8 Å². The summed E-state index contributed by atoms with van der Waals surface area (Å²) in [4.78, 5) is 32.3. The molecule has 144 valence electrons. The van der Waals surface area contributed by atoms with Gasteiger partial charge in [0.25, 0.3) is 0 Å². The second kappa shape index (κ2) is 8.39. The van der Waals surface area contributed by atoms with Crippen molar-refractivity contribution in [2.24, 2.45) is 0 Å². The van der Waals surface area contributed by atoms with E-state index in [0.717, 1.165) is 36.3 Å². The Balaban J connectivity index is 1.88. The van der Waals surface area contributed by atoms with Gasteiger partial charge in [0.1, 0.15) is 12.4 Å². The molecule has 27 heavy (non-hydrogen) atoms. The zero-order chi connectivity index (χ0) is 19.4. The minimum absolute atomic E-state index is 0.0283. The number of aromatic nitrogens is 4. The average Bonchev–Trinajstić information content (AvgIpc) is 2.60. The van der Waals surface area contributed by atoms with Gasteiger partial charge in [-0.05, 0) is 46.1 Å². The predicted octanol–water partition coefficient (Wildman–Crippen LogP) is 2.64. The molecular weight excluding hydrogens is 344 g/mol. The van der Waals surface area contributed by atoms with Crippen LogP contribution in [0.1, 0.15) is 48.2 Å². The summed E-state index contributed by atoms with van der Waals surface area (Å²) in [7, 11) is 1.53. The topological polar surface area (TPSA) is 93.1 Å². The Morgan fingerprint density at radius 3 is 2.52 bits per heavy atom. The summed E-state index contributed by atoms with van der Waals surface area (Å²) in [5.74, 6) is 1.75. The lowest BCUT2D eigenvalue weighted by molar-refractivity contribution is -0.139. The predicted molar refractivity (Wildman–Crippen MR) is 102 cm³/mol. The van der Waals surface area contributed by atoms with E-state index in [-0.39, 0.29) is 18.6 Å². The van der Waals surface area contributed by atoms with Crippen molar-refractivity contribution in [1.29, 1.82) is 0 Å². The third-order valence-corrected chi connectivity index (χ3v) is 4.48. The summed E-state index contributed by atoms with van der Waals surface area (Å²) < 4.78 is 5.03. The van der Waals surface area contributed by atoms with Gasteiger partial charge in [0.2, 0.25) is 11.9 Å². The van der Waals surface area contributed by atoms with Gasteiger partial charge in [-0.3, -0.25) is 4.79 Å². The summed E-state index contributed by atoms with van der Waals surface area (Å²) in [5, 5.41) is 3.17. The molecule has 0 radical (unpaired) electrons. The van der Waals surface area contributed by atoms with E-state index in [2.05, 4.69) is 25.3 Å². The quantitative estimate of drug-likeness (QED) is 0.865. The van der Waals surface area contributed by atoms with Crippen LogP contribution in [0.15, 0.2) is 12.1 Å². The van der Waals surface area contributed by atoms with Gasteiger partial charge in [-0.15, -0.1) is 0 Å². The first kappa shape index (κ1) is 19.2. The Morgan fingerprint density at radius 1 is 1.11 bits per heavy atom. The molecule has 1 atom stereocenters. The number of methoxy groups -OCH3 is 1. The molecule has 8 heteroatoms. The number of rotatable bonds is 5. The molecular formula is C19H26N6O2. The number of nitrogens with one attached hydrogen (secondary N) is 1. The second-order valence-corrected chi connectivity index (χ2v) is 6.88. The van der Waals surface area contributed by atoms with E-state index in [9.17, 15) is 4.79 Å². The first-order chi connectivity index (χ1) is 13.0. The van der Waals surface area contributed by atoms with E-state index in [1.165, 1.54) is 7.11 Å². The number of likely N-dealkylation sites (tertiary alicyclic amines) is 1. The average molecular weight is 370 g/mol. The molecule has 2 aromatic heterocycles. The van der Waals surface area contributed by atoms with Crippen LogP contribution in [0.25, 0.3) is 0 Å². The van der Waals surface area contributed by atoms with Crippen LogP contribution in [0.2, 0.25) is 0 Å². The maximum absolute atomic E-state index is 12.4. The highest BCUT2D eigenvalue weighted by Crippen LogP contribution is 2.30. The number of piperidine rings is 1. The lowest BCUT2D eigenvalue weighted by Crippen LogP contribution is -2.41. The van der Waals surface area contributed by atoms with Crippen LogP contribution in [0.4, 0.5) is 11.8 Å². The van der Waals surface area contributed by atoms with E-state index in [1.54, 1.807) is 0 Å². The largest absolute Gasteiger partial charge is 0.375 e. The standard InChI is InChI=1S/C19H26N6O2/c1-12-9-13(2)22-19(21-12)24-16-10-14(3)20-18(23-16)15-7-5-6-8-25(15)17(26)11-27-4/h9-10,15H,5-8,11H2,1-4H3,(H,20,21,22,23,24)/t15-/m1/s1. The Hall–Kier alpha value is -2.61. The Kier molecular flexibility index (Phi) is 5.95. The normalized spacial score (nSPS) is 17.0. The maximum atomic E-state index is 12.4. The van der Waals surface area contributed by atoms with Crippen LogP contribution < -0.4 is 5.32 Å². The zero-order valence-electron chi connectivity index (χ0n) is 16.3. The molecule has 3 rings (SSSR count). The van der Waals surface area contributed by atoms with E-state index >= 15 is 0 Å². The number of amides is 1. The van der Waals surface area contributed by atoms with Crippen molar-refractivity contribution in [3.8, 4) is 0 Å². The lowest BCUT2D eigenvalue weighted by atomic mass is 10.0. The molecule has 8 nitrogen and oxygen atoms in total. The molecule has 2 aromatic rings. The SMILES string of the molecule is COCC(=O)N1CCCC[C@@H]1c1nc(C)cc(Nc2nc(C)cc(C)n2)n1. The monoisotopic (exact) mass is 370 g/mol. The van der Waals surface area contributed by atoms with Gasteiger partial charge in [0.05, 0.1) is 6.04 Å². The minimum Gasteiger partial charge on any atom is -0.375 e. The fraction of sp³-hybridized carbons (Fsp3) is 0.526. The highest BCUT2D eigenvalue weighted by Gasteiger charge is 2.30. The molecule has 0 aromatic carbocycles. The summed E-state index contributed by atoms with van der Waals surface area (Å²) in [6.07, 6.45) is 2.87. The van der Waals surface area contributed by atoms with Crippen LogP contribution in [0, 0.1) is 20.8 Å². The van der Waals surface area contributed by atoms with Gasteiger partial charge in [0.15, 0.2) is 5.82 Å². The van der Waals surface area contributed by atoms with Gasteiger partial charge in [-0.2, -0.15) is 0 Å². The van der Waals surface area contributed by atoms with E-state index in [4.69, 9.17) is 4.74 Å². The molecule has 1 amide bonds. The van der Waals surface area contributed by atoms with Gasteiger partial charge in [-0.1, -0.05) is 0 Å². The molecule has 0 unspecified atom stereocenters. The van der Waals surface area contributed by atoms with Crippen LogP contribution in [0.5, 0.6) is 0 Å². The molecule has 1 aliphatic heterocycles. The molecule has 1 N–H and O–H groups in total.